The second-order valence-corrected chi connectivity index (χ2v) is 3.62. The van der Waals surface area contributed by atoms with Crippen LogP contribution in [0.2, 0.25) is 0 Å². The topological polar surface area (TPSA) is 21.6 Å². The Hall–Kier alpha value is -0.790. The maximum Gasteiger partial charge on any atom is 0.187 e. The van der Waals surface area contributed by atoms with Gasteiger partial charge in [0.15, 0.2) is 5.90 Å². The average Bonchev–Trinajstić information content (AvgIpc) is 2.04. The summed E-state index contributed by atoms with van der Waals surface area (Å²) in [5.41, 5.74) is 1.05. The van der Waals surface area contributed by atoms with Gasteiger partial charge in [0.05, 0.1) is 0 Å². The first-order chi connectivity index (χ1) is 4.93. The second kappa shape index (κ2) is 2.36. The molecular weight excluding hydrogens is 138 g/mol. The second-order valence-electron chi connectivity index (χ2n) is 3.62. The van der Waals surface area contributed by atoms with E-state index < -0.39 is 0 Å². The van der Waals surface area contributed by atoms with E-state index in [9.17, 15) is 0 Å². The van der Waals surface area contributed by atoms with Crippen molar-refractivity contribution in [1.82, 2.24) is 0 Å². The summed E-state index contributed by atoms with van der Waals surface area (Å²) < 4.78 is 5.47. The van der Waals surface area contributed by atoms with E-state index in [2.05, 4.69) is 18.8 Å². The van der Waals surface area contributed by atoms with Gasteiger partial charge >= 0.3 is 0 Å². The molecule has 0 aromatic rings. The summed E-state index contributed by atoms with van der Waals surface area (Å²) in [6, 6.07) is 0. The number of allylic oxidation sites excluding steroid dienone is 1. The fraction of sp³-hybridized carbons (Fsp3) is 0.667. The first kappa shape index (κ1) is 8.31. The molecule has 0 amide bonds. The van der Waals surface area contributed by atoms with Crippen molar-refractivity contribution in [3.05, 3.63) is 11.3 Å². The monoisotopic (exact) mass is 153 g/mol. The van der Waals surface area contributed by atoms with Gasteiger partial charge < -0.3 is 4.74 Å². The number of ether oxygens (including phenoxy) is 1. The summed E-state index contributed by atoms with van der Waals surface area (Å²) in [7, 11) is 0. The SMILES string of the molecule is CC1=NC(C)(C)C(=C(C)C)O1. The van der Waals surface area contributed by atoms with Crippen LogP contribution in [0.5, 0.6) is 0 Å². The van der Waals surface area contributed by atoms with E-state index in [-0.39, 0.29) is 5.54 Å². The van der Waals surface area contributed by atoms with Gasteiger partial charge in [-0.3, -0.25) is 0 Å². The highest BCUT2D eigenvalue weighted by atomic mass is 16.5. The Labute approximate surface area is 68.0 Å². The Bertz CT molecular complexity index is 232. The highest BCUT2D eigenvalue weighted by molar-refractivity contribution is 5.78. The molecule has 0 N–H and O–H groups in total. The predicted molar refractivity (Wildman–Crippen MR) is 46.6 cm³/mol. The van der Waals surface area contributed by atoms with E-state index in [1.54, 1.807) is 0 Å². The molecule has 0 atom stereocenters. The molecule has 2 nitrogen and oxygen atoms in total. The molecule has 0 unspecified atom stereocenters. The predicted octanol–water partition coefficient (Wildman–Crippen LogP) is 2.51. The van der Waals surface area contributed by atoms with Gasteiger partial charge in [-0.1, -0.05) is 0 Å². The summed E-state index contributed by atoms with van der Waals surface area (Å²) in [6.07, 6.45) is 0. The highest BCUT2D eigenvalue weighted by Gasteiger charge is 2.31. The first-order valence-corrected chi connectivity index (χ1v) is 3.86. The number of hydrogen-bond donors (Lipinski definition) is 0. The van der Waals surface area contributed by atoms with Crippen molar-refractivity contribution < 1.29 is 4.74 Å². The van der Waals surface area contributed by atoms with Gasteiger partial charge in [0, 0.05) is 6.92 Å². The summed E-state index contributed by atoms with van der Waals surface area (Å²) in [5.74, 6) is 1.77. The Kier molecular flexibility index (Phi) is 1.78. The molecule has 0 bridgehead atoms. The lowest BCUT2D eigenvalue weighted by Gasteiger charge is -2.15. The lowest BCUT2D eigenvalue weighted by atomic mass is 10.0. The molecule has 1 aliphatic rings. The number of hydrogen-bond acceptors (Lipinski definition) is 2. The van der Waals surface area contributed by atoms with Gasteiger partial charge in [-0.25, -0.2) is 4.99 Å². The fourth-order valence-corrected chi connectivity index (χ4v) is 1.45. The molecule has 2 heteroatoms. The zero-order valence-electron chi connectivity index (χ0n) is 7.86. The van der Waals surface area contributed by atoms with Crippen LogP contribution in [0.4, 0.5) is 0 Å². The molecule has 0 aliphatic carbocycles. The van der Waals surface area contributed by atoms with Gasteiger partial charge in [-0.15, -0.1) is 0 Å². The quantitative estimate of drug-likeness (QED) is 0.524. The van der Waals surface area contributed by atoms with Gasteiger partial charge in [0.2, 0.25) is 0 Å². The molecule has 1 heterocycles. The van der Waals surface area contributed by atoms with Gasteiger partial charge in [0.25, 0.3) is 0 Å². The Balaban J connectivity index is 3.03. The van der Waals surface area contributed by atoms with E-state index in [4.69, 9.17) is 4.74 Å². The smallest absolute Gasteiger partial charge is 0.187 e. The zero-order valence-corrected chi connectivity index (χ0v) is 7.86. The van der Waals surface area contributed by atoms with Crippen LogP contribution in [0.25, 0.3) is 0 Å². The molecule has 0 radical (unpaired) electrons. The molecule has 11 heavy (non-hydrogen) atoms. The molecule has 0 fully saturated rings. The summed E-state index contributed by atoms with van der Waals surface area (Å²) in [4.78, 5) is 4.36. The van der Waals surface area contributed by atoms with Crippen molar-refractivity contribution in [3.8, 4) is 0 Å². The van der Waals surface area contributed by atoms with E-state index in [1.807, 2.05) is 20.8 Å². The van der Waals surface area contributed by atoms with Gasteiger partial charge in [-0.05, 0) is 33.3 Å². The zero-order chi connectivity index (χ0) is 8.65. The van der Waals surface area contributed by atoms with Crippen LogP contribution in [-0.4, -0.2) is 11.4 Å². The third kappa shape index (κ3) is 1.44. The van der Waals surface area contributed by atoms with E-state index in [0.29, 0.717) is 0 Å². The molecule has 0 saturated carbocycles. The standard InChI is InChI=1S/C9H15NO/c1-6(2)8-9(4,5)10-7(3)11-8/h1-5H3. The van der Waals surface area contributed by atoms with Gasteiger partial charge in [0.1, 0.15) is 11.3 Å². The van der Waals surface area contributed by atoms with Crippen LogP contribution in [0.1, 0.15) is 34.6 Å². The Morgan fingerprint density at radius 3 is 2.09 bits per heavy atom. The lowest BCUT2D eigenvalue weighted by Crippen LogP contribution is -2.16. The van der Waals surface area contributed by atoms with Crippen molar-refractivity contribution in [3.63, 3.8) is 0 Å². The number of aliphatic imine (C=N–C) groups is 1. The van der Waals surface area contributed by atoms with Crippen LogP contribution >= 0.6 is 0 Å². The van der Waals surface area contributed by atoms with E-state index in [1.165, 1.54) is 5.57 Å². The number of rotatable bonds is 0. The van der Waals surface area contributed by atoms with E-state index in [0.717, 1.165) is 11.7 Å². The molecule has 0 aromatic heterocycles. The molecular formula is C9H15NO. The molecule has 1 aliphatic heterocycles. The van der Waals surface area contributed by atoms with Crippen LogP contribution in [0.15, 0.2) is 16.3 Å². The van der Waals surface area contributed by atoms with Crippen LogP contribution in [0.3, 0.4) is 0 Å². The maximum absolute atomic E-state index is 5.47. The minimum Gasteiger partial charge on any atom is -0.446 e. The Morgan fingerprint density at radius 2 is 1.91 bits per heavy atom. The highest BCUT2D eigenvalue weighted by Crippen LogP contribution is 2.30. The minimum absolute atomic E-state index is 0.150. The van der Waals surface area contributed by atoms with Crippen molar-refractivity contribution in [1.29, 1.82) is 0 Å². The largest absolute Gasteiger partial charge is 0.446 e. The molecule has 0 saturated heterocycles. The molecule has 0 spiro atoms. The summed E-state index contributed by atoms with van der Waals surface area (Å²) in [5, 5.41) is 0. The summed E-state index contributed by atoms with van der Waals surface area (Å²) >= 11 is 0. The van der Waals surface area contributed by atoms with Gasteiger partial charge in [-0.2, -0.15) is 0 Å². The Morgan fingerprint density at radius 1 is 1.36 bits per heavy atom. The number of nitrogens with zero attached hydrogens (tertiary/aromatic N) is 1. The third-order valence-electron chi connectivity index (χ3n) is 1.70. The van der Waals surface area contributed by atoms with Crippen molar-refractivity contribution in [2.75, 3.05) is 0 Å². The summed E-state index contributed by atoms with van der Waals surface area (Å²) in [6.45, 7) is 10.1. The van der Waals surface area contributed by atoms with Crippen LogP contribution < -0.4 is 0 Å². The fourth-order valence-electron chi connectivity index (χ4n) is 1.45. The third-order valence-corrected chi connectivity index (χ3v) is 1.70. The first-order valence-electron chi connectivity index (χ1n) is 3.86. The van der Waals surface area contributed by atoms with E-state index >= 15 is 0 Å². The molecule has 0 aromatic carbocycles. The van der Waals surface area contributed by atoms with Crippen LogP contribution in [-0.2, 0) is 4.74 Å². The minimum atomic E-state index is -0.150. The lowest BCUT2D eigenvalue weighted by molar-refractivity contribution is 0.372. The van der Waals surface area contributed by atoms with Crippen molar-refractivity contribution in [2.45, 2.75) is 40.2 Å². The maximum atomic E-state index is 5.47. The molecule has 1 rings (SSSR count). The average molecular weight is 153 g/mol. The van der Waals surface area contributed by atoms with Crippen molar-refractivity contribution >= 4 is 5.90 Å². The molecule has 62 valence electrons. The van der Waals surface area contributed by atoms with Crippen LogP contribution in [0, 0.1) is 0 Å². The normalized spacial score (nSPS) is 21.2. The van der Waals surface area contributed by atoms with Crippen molar-refractivity contribution in [2.24, 2.45) is 4.99 Å².